The Kier molecular flexibility index (Phi) is 3.67. The van der Waals surface area contributed by atoms with E-state index < -0.39 is 0 Å². The second-order valence-electron chi connectivity index (χ2n) is 3.62. The molecule has 88 valence electrons. The Morgan fingerprint density at radius 1 is 1.18 bits per heavy atom. The molecule has 0 aliphatic heterocycles. The lowest BCUT2D eigenvalue weighted by Gasteiger charge is -2.06. The Balaban J connectivity index is 2.12. The smallest absolute Gasteiger partial charge is 0.146 e. The highest BCUT2D eigenvalue weighted by atomic mass is 19.1. The van der Waals surface area contributed by atoms with Gasteiger partial charge in [0.2, 0.25) is 0 Å². The molecule has 0 atom stereocenters. The summed E-state index contributed by atoms with van der Waals surface area (Å²) in [6.07, 6.45) is 3.40. The van der Waals surface area contributed by atoms with Crippen molar-refractivity contribution < 1.29 is 9.13 Å². The summed E-state index contributed by atoms with van der Waals surface area (Å²) in [5.41, 5.74) is 1.03. The molecule has 0 bridgehead atoms. The molecule has 17 heavy (non-hydrogen) atoms. The number of aromatic nitrogens is 1. The zero-order chi connectivity index (χ0) is 12.1. The molecular formula is C13H13FN2O. The first kappa shape index (κ1) is 11.5. The minimum absolute atomic E-state index is 0.278. The molecule has 1 heterocycles. The van der Waals surface area contributed by atoms with Gasteiger partial charge in [-0.25, -0.2) is 4.39 Å². The van der Waals surface area contributed by atoms with E-state index in [2.05, 4.69) is 10.3 Å². The van der Waals surface area contributed by atoms with Crippen molar-refractivity contribution >= 4 is 0 Å². The molecule has 1 N–H and O–H groups in total. The fraction of sp³-hybridized carbons (Fsp3) is 0.154. The van der Waals surface area contributed by atoms with Crippen molar-refractivity contribution in [1.29, 1.82) is 0 Å². The van der Waals surface area contributed by atoms with Gasteiger partial charge in [-0.3, -0.25) is 4.98 Å². The van der Waals surface area contributed by atoms with Crippen LogP contribution in [-0.2, 0) is 6.54 Å². The fourth-order valence-electron chi connectivity index (χ4n) is 1.46. The maximum atomic E-state index is 12.7. The maximum Gasteiger partial charge on any atom is 0.146 e. The third-order valence-corrected chi connectivity index (χ3v) is 2.20. The molecule has 1 aromatic heterocycles. The number of benzene rings is 1. The molecule has 0 radical (unpaired) electrons. The summed E-state index contributed by atoms with van der Waals surface area (Å²) in [4.78, 5) is 4.08. The van der Waals surface area contributed by atoms with E-state index in [0.29, 0.717) is 11.5 Å². The molecule has 0 aliphatic rings. The molecule has 0 saturated heterocycles. The molecule has 2 rings (SSSR count). The number of halogens is 1. The lowest BCUT2D eigenvalue weighted by molar-refractivity contribution is 0.477. The van der Waals surface area contributed by atoms with Crippen LogP contribution < -0.4 is 10.1 Å². The number of hydrogen-bond acceptors (Lipinski definition) is 3. The Morgan fingerprint density at radius 2 is 1.94 bits per heavy atom. The molecule has 0 aliphatic carbocycles. The predicted molar refractivity (Wildman–Crippen MR) is 63.5 cm³/mol. The average molecular weight is 232 g/mol. The van der Waals surface area contributed by atoms with Gasteiger partial charge in [0.15, 0.2) is 0 Å². The first-order valence-electron chi connectivity index (χ1n) is 5.30. The van der Waals surface area contributed by atoms with Gasteiger partial charge in [-0.2, -0.15) is 0 Å². The van der Waals surface area contributed by atoms with Crippen molar-refractivity contribution in [2.24, 2.45) is 0 Å². The van der Waals surface area contributed by atoms with Crippen molar-refractivity contribution in [1.82, 2.24) is 10.3 Å². The average Bonchev–Trinajstić information content (AvgIpc) is 2.33. The van der Waals surface area contributed by atoms with E-state index in [0.717, 1.165) is 12.1 Å². The van der Waals surface area contributed by atoms with Crippen molar-refractivity contribution in [3.8, 4) is 11.5 Å². The first-order chi connectivity index (χ1) is 8.28. The van der Waals surface area contributed by atoms with Crippen LogP contribution in [-0.4, -0.2) is 12.0 Å². The topological polar surface area (TPSA) is 34.2 Å². The summed E-state index contributed by atoms with van der Waals surface area (Å²) in [5.74, 6) is 0.957. The van der Waals surface area contributed by atoms with Gasteiger partial charge >= 0.3 is 0 Å². The van der Waals surface area contributed by atoms with Crippen LogP contribution in [0.2, 0.25) is 0 Å². The minimum atomic E-state index is -0.278. The highest BCUT2D eigenvalue weighted by Crippen LogP contribution is 2.21. The zero-order valence-electron chi connectivity index (χ0n) is 9.48. The van der Waals surface area contributed by atoms with Gasteiger partial charge in [0.25, 0.3) is 0 Å². The maximum absolute atomic E-state index is 12.7. The van der Waals surface area contributed by atoms with Gasteiger partial charge in [-0.05, 0) is 42.9 Å². The Morgan fingerprint density at radius 3 is 2.65 bits per heavy atom. The first-order valence-corrected chi connectivity index (χ1v) is 5.30. The van der Waals surface area contributed by atoms with E-state index in [9.17, 15) is 4.39 Å². The number of hydrogen-bond donors (Lipinski definition) is 1. The summed E-state index contributed by atoms with van der Waals surface area (Å²) in [6.45, 7) is 0.730. The molecule has 0 amide bonds. The summed E-state index contributed by atoms with van der Waals surface area (Å²) >= 11 is 0. The van der Waals surface area contributed by atoms with Gasteiger partial charge in [-0.15, -0.1) is 0 Å². The second kappa shape index (κ2) is 5.41. The van der Waals surface area contributed by atoms with Crippen LogP contribution in [0.1, 0.15) is 5.56 Å². The van der Waals surface area contributed by atoms with E-state index >= 15 is 0 Å². The quantitative estimate of drug-likeness (QED) is 0.880. The van der Waals surface area contributed by atoms with Crippen LogP contribution >= 0.6 is 0 Å². The molecule has 3 nitrogen and oxygen atoms in total. The highest BCUT2D eigenvalue weighted by molar-refractivity contribution is 5.31. The van der Waals surface area contributed by atoms with Crippen LogP contribution in [0.25, 0.3) is 0 Å². The van der Waals surface area contributed by atoms with Crippen molar-refractivity contribution in [3.63, 3.8) is 0 Å². The van der Waals surface area contributed by atoms with Crippen molar-refractivity contribution in [3.05, 3.63) is 54.1 Å². The number of nitrogens with zero attached hydrogens (tertiary/aromatic N) is 1. The van der Waals surface area contributed by atoms with Gasteiger partial charge in [-0.1, -0.05) is 0 Å². The molecule has 0 saturated carbocycles. The van der Waals surface area contributed by atoms with Gasteiger partial charge in [0, 0.05) is 12.7 Å². The molecule has 0 fully saturated rings. The lowest BCUT2D eigenvalue weighted by atomic mass is 10.3. The van der Waals surface area contributed by atoms with Crippen LogP contribution in [0.4, 0.5) is 4.39 Å². The monoisotopic (exact) mass is 232 g/mol. The second-order valence-corrected chi connectivity index (χ2v) is 3.62. The lowest BCUT2D eigenvalue weighted by Crippen LogP contribution is -2.05. The number of pyridine rings is 1. The van der Waals surface area contributed by atoms with E-state index in [1.807, 2.05) is 13.1 Å². The molecule has 1 aromatic carbocycles. The van der Waals surface area contributed by atoms with Crippen molar-refractivity contribution in [2.75, 3.05) is 7.05 Å². The van der Waals surface area contributed by atoms with E-state index in [-0.39, 0.29) is 5.82 Å². The van der Waals surface area contributed by atoms with Crippen LogP contribution in [0, 0.1) is 5.82 Å². The Hall–Kier alpha value is -1.94. The number of rotatable bonds is 4. The largest absolute Gasteiger partial charge is 0.456 e. The number of nitrogens with one attached hydrogen (secondary N) is 1. The minimum Gasteiger partial charge on any atom is -0.456 e. The SMILES string of the molecule is CNCc1cncc(Oc2ccc(F)cc2)c1. The molecule has 2 aromatic rings. The Bertz CT molecular complexity index is 485. The van der Waals surface area contributed by atoms with Crippen LogP contribution in [0.5, 0.6) is 11.5 Å². The van der Waals surface area contributed by atoms with E-state index in [1.165, 1.54) is 12.1 Å². The van der Waals surface area contributed by atoms with Crippen LogP contribution in [0.3, 0.4) is 0 Å². The third-order valence-electron chi connectivity index (χ3n) is 2.20. The summed E-state index contributed by atoms with van der Waals surface area (Å²) in [6, 6.07) is 7.79. The standard InChI is InChI=1S/C13H13FN2O/c1-15-7-10-6-13(9-16-8-10)17-12-4-2-11(14)3-5-12/h2-6,8-9,15H,7H2,1H3. The highest BCUT2D eigenvalue weighted by Gasteiger charge is 2.00. The zero-order valence-corrected chi connectivity index (χ0v) is 9.48. The van der Waals surface area contributed by atoms with Gasteiger partial charge in [0.05, 0.1) is 6.20 Å². The predicted octanol–water partition coefficient (Wildman–Crippen LogP) is 2.73. The summed E-state index contributed by atoms with van der Waals surface area (Å²) in [7, 11) is 1.87. The van der Waals surface area contributed by atoms with E-state index in [1.54, 1.807) is 24.5 Å². The summed E-state index contributed by atoms with van der Waals surface area (Å²) < 4.78 is 18.3. The molecule has 0 spiro atoms. The van der Waals surface area contributed by atoms with Crippen molar-refractivity contribution in [2.45, 2.75) is 6.54 Å². The van der Waals surface area contributed by atoms with E-state index in [4.69, 9.17) is 4.74 Å². The molecular weight excluding hydrogens is 219 g/mol. The number of ether oxygens (including phenoxy) is 1. The summed E-state index contributed by atoms with van der Waals surface area (Å²) in [5, 5.41) is 3.04. The third kappa shape index (κ3) is 3.26. The van der Waals surface area contributed by atoms with Gasteiger partial charge in [0.1, 0.15) is 17.3 Å². The van der Waals surface area contributed by atoms with Gasteiger partial charge < -0.3 is 10.1 Å². The van der Waals surface area contributed by atoms with Crippen LogP contribution in [0.15, 0.2) is 42.7 Å². The molecule has 0 unspecified atom stereocenters. The normalized spacial score (nSPS) is 10.2. The Labute approximate surface area is 99.3 Å². The fourth-order valence-corrected chi connectivity index (χ4v) is 1.46. The molecule has 4 heteroatoms.